The van der Waals surface area contributed by atoms with Gasteiger partial charge in [-0.05, 0) is 50.7 Å². The van der Waals surface area contributed by atoms with Crippen LogP contribution in [0.3, 0.4) is 0 Å². The lowest BCUT2D eigenvalue weighted by Crippen LogP contribution is -2.55. The number of ether oxygens (including phenoxy) is 5. The van der Waals surface area contributed by atoms with Crippen molar-refractivity contribution in [2.75, 3.05) is 51.2 Å². The molecule has 1 saturated heterocycles. The maximum atomic E-state index is 13.7. The van der Waals surface area contributed by atoms with Gasteiger partial charge in [-0.1, -0.05) is 35.1 Å². The third kappa shape index (κ3) is 7.51. The minimum Gasteiger partial charge on any atom is -0.493 e. The van der Waals surface area contributed by atoms with Crippen LogP contribution in [0.1, 0.15) is 59.2 Å². The van der Waals surface area contributed by atoms with E-state index in [1.54, 1.807) is 24.4 Å². The van der Waals surface area contributed by atoms with Gasteiger partial charge in [0, 0.05) is 30.6 Å². The van der Waals surface area contributed by atoms with Crippen LogP contribution >= 0.6 is 22.5 Å². The first-order valence-electron chi connectivity index (χ1n) is 16.7. The van der Waals surface area contributed by atoms with Crippen LogP contribution < -0.4 is 29.2 Å². The number of nitrogens with zero attached hydrogens (tertiary/aromatic N) is 3. The van der Waals surface area contributed by atoms with Crippen LogP contribution in [-0.2, 0) is 4.74 Å². The lowest BCUT2D eigenvalue weighted by atomic mass is 9.74. The number of aliphatic hydroxyl groups excluding tert-OH is 1. The number of methoxy groups -OCH3 is 2. The van der Waals surface area contributed by atoms with Crippen LogP contribution in [-0.4, -0.2) is 98.3 Å². The highest BCUT2D eigenvalue weighted by atomic mass is 33.1. The van der Waals surface area contributed by atoms with Crippen molar-refractivity contribution in [2.24, 2.45) is 4.99 Å². The van der Waals surface area contributed by atoms with Crippen molar-refractivity contribution in [3.8, 4) is 23.0 Å². The number of rotatable bonds is 13. The molecule has 1 aliphatic carbocycles. The number of aliphatic imine (C=N–C) groups is 1. The van der Waals surface area contributed by atoms with Crippen LogP contribution in [0.5, 0.6) is 23.0 Å². The van der Waals surface area contributed by atoms with Gasteiger partial charge in [-0.15, -0.1) is 11.7 Å². The summed E-state index contributed by atoms with van der Waals surface area (Å²) >= 11 is 4.09. The summed E-state index contributed by atoms with van der Waals surface area (Å²) in [4.78, 5) is 47.3. The number of anilines is 1. The lowest BCUT2D eigenvalue weighted by Gasteiger charge is -2.40. The Morgan fingerprint density at radius 3 is 2.29 bits per heavy atom. The number of carbonyl (C=O) groups is 3. The molecule has 2 N–H and O–H groups in total. The summed E-state index contributed by atoms with van der Waals surface area (Å²) in [6, 6.07) is 5.78. The second-order valence-electron chi connectivity index (χ2n) is 13.0. The summed E-state index contributed by atoms with van der Waals surface area (Å²) in [5.74, 6) is 1.45. The van der Waals surface area contributed by atoms with Crippen molar-refractivity contribution in [1.82, 2.24) is 10.2 Å². The molecule has 2 aromatic rings. The van der Waals surface area contributed by atoms with E-state index in [2.05, 4.69) is 35.1 Å². The first-order valence-corrected chi connectivity index (χ1v) is 18.7. The predicted octanol–water partition coefficient (Wildman–Crippen LogP) is 5.49. The van der Waals surface area contributed by atoms with E-state index < -0.39 is 23.9 Å². The number of amides is 3. The zero-order valence-corrected chi connectivity index (χ0v) is 30.4. The highest BCUT2D eigenvalue weighted by molar-refractivity contribution is 8.68. The van der Waals surface area contributed by atoms with Crippen LogP contribution in [0.25, 0.3) is 0 Å². The molecule has 15 heteroatoms. The van der Waals surface area contributed by atoms with E-state index in [0.29, 0.717) is 85.3 Å². The standard InChI is InChI=1S/C36H42N4O9S2/c1-21-12-27-34(43)40(35(44)49-10-11-51-50)26-16-31(29(46-4)14-24(26)33(42)39(27)19-21)48-9-7-5-6-8-47-30-15-25-23(13-28(30)45-3)32(41)38-36(20-37-25)17-22(2)18-36/h13-16,20,27,34,43,50H,1-2,5-12,17-19H2,3-4H3,(H,38,41). The molecule has 51 heavy (non-hydrogen) atoms. The van der Waals surface area contributed by atoms with E-state index in [4.69, 9.17) is 23.7 Å². The Kier molecular flexibility index (Phi) is 11.1. The third-order valence-electron chi connectivity index (χ3n) is 9.30. The fourth-order valence-electron chi connectivity index (χ4n) is 6.82. The molecule has 2 aromatic carbocycles. The van der Waals surface area contributed by atoms with Crippen molar-refractivity contribution in [2.45, 2.75) is 56.3 Å². The number of fused-ring (bicyclic) bond motifs is 3. The number of benzene rings is 2. The van der Waals surface area contributed by atoms with Crippen molar-refractivity contribution in [3.63, 3.8) is 0 Å². The number of unbranched alkanes of at least 4 members (excludes halogenated alkanes) is 2. The maximum absolute atomic E-state index is 13.7. The van der Waals surface area contributed by atoms with Crippen LogP contribution in [0.15, 0.2) is 53.6 Å². The van der Waals surface area contributed by atoms with Crippen molar-refractivity contribution in [3.05, 3.63) is 59.7 Å². The molecule has 3 amide bonds. The Bertz CT molecular complexity index is 1760. The molecule has 2 atom stereocenters. The van der Waals surface area contributed by atoms with Crippen LogP contribution in [0, 0.1) is 0 Å². The van der Waals surface area contributed by atoms with Gasteiger partial charge < -0.3 is 39.0 Å². The summed E-state index contributed by atoms with van der Waals surface area (Å²) in [6.45, 7) is 9.03. The minimum atomic E-state index is -1.37. The molecule has 1 saturated carbocycles. The van der Waals surface area contributed by atoms with Crippen molar-refractivity contribution in [1.29, 1.82) is 0 Å². The highest BCUT2D eigenvalue weighted by Crippen LogP contribution is 2.43. The number of aliphatic hydroxyl groups is 1. The van der Waals surface area contributed by atoms with Crippen LogP contribution in [0.4, 0.5) is 16.2 Å². The summed E-state index contributed by atoms with van der Waals surface area (Å²) in [5.41, 5.74) is 2.66. The monoisotopic (exact) mass is 738 g/mol. The van der Waals surface area contributed by atoms with E-state index in [9.17, 15) is 19.5 Å². The molecule has 3 heterocycles. The van der Waals surface area contributed by atoms with Gasteiger partial charge in [0.05, 0.1) is 61.5 Å². The zero-order chi connectivity index (χ0) is 36.3. The SMILES string of the molecule is C=C1CC2C(O)N(C(=O)OCCSS)c3cc(OCCCCCOc4cc5c(cc4OC)C(=O)NC4(C=N5)CC(=C)C4)c(OC)cc3C(=O)N2C1. The third-order valence-corrected chi connectivity index (χ3v) is 10.2. The fraction of sp³-hybridized carbons (Fsp3) is 0.444. The van der Waals surface area contributed by atoms with E-state index in [0.717, 1.165) is 22.5 Å². The molecule has 3 aliphatic heterocycles. The molecule has 4 aliphatic rings. The van der Waals surface area contributed by atoms with E-state index in [-0.39, 0.29) is 36.2 Å². The Balaban J connectivity index is 1.09. The molecular weight excluding hydrogens is 697 g/mol. The molecule has 6 rings (SSSR count). The van der Waals surface area contributed by atoms with Gasteiger partial charge in [-0.25, -0.2) is 9.69 Å². The van der Waals surface area contributed by atoms with E-state index >= 15 is 0 Å². The largest absolute Gasteiger partial charge is 0.493 e. The molecule has 13 nitrogen and oxygen atoms in total. The Labute approximate surface area is 305 Å². The minimum absolute atomic E-state index is 0.0750. The van der Waals surface area contributed by atoms with Crippen molar-refractivity contribution >= 4 is 58.0 Å². The number of hydrogen-bond acceptors (Lipinski definition) is 12. The van der Waals surface area contributed by atoms with Gasteiger partial charge in [-0.2, -0.15) is 0 Å². The zero-order valence-electron chi connectivity index (χ0n) is 28.6. The Morgan fingerprint density at radius 1 is 0.980 bits per heavy atom. The van der Waals surface area contributed by atoms with Gasteiger partial charge in [0.2, 0.25) is 0 Å². The van der Waals surface area contributed by atoms with E-state index in [1.807, 2.05) is 0 Å². The topological polar surface area (TPSA) is 148 Å². The Hall–Kier alpha value is -4.34. The number of nitrogens with one attached hydrogen (secondary N) is 1. The summed E-state index contributed by atoms with van der Waals surface area (Å²) in [5, 5.41) is 14.5. The average molecular weight is 739 g/mol. The summed E-state index contributed by atoms with van der Waals surface area (Å²) in [7, 11) is 4.22. The molecule has 2 unspecified atom stereocenters. The second-order valence-corrected chi connectivity index (χ2v) is 14.4. The summed E-state index contributed by atoms with van der Waals surface area (Å²) in [6.07, 6.45) is 3.44. The molecule has 1 spiro atoms. The first kappa shape index (κ1) is 36.5. The van der Waals surface area contributed by atoms with E-state index in [1.165, 1.54) is 36.0 Å². The smallest absolute Gasteiger partial charge is 0.416 e. The highest BCUT2D eigenvalue weighted by Gasteiger charge is 2.46. The molecule has 0 aromatic heterocycles. The van der Waals surface area contributed by atoms with Crippen molar-refractivity contribution < 1.29 is 43.2 Å². The summed E-state index contributed by atoms with van der Waals surface area (Å²) < 4.78 is 28.7. The molecule has 0 bridgehead atoms. The fourth-order valence-corrected chi connectivity index (χ4v) is 7.20. The van der Waals surface area contributed by atoms with Gasteiger partial charge in [0.15, 0.2) is 29.2 Å². The molecule has 2 fully saturated rings. The average Bonchev–Trinajstić information content (AvgIpc) is 3.40. The molecule has 0 radical (unpaired) electrons. The van der Waals surface area contributed by atoms with Gasteiger partial charge in [-0.3, -0.25) is 14.6 Å². The van der Waals surface area contributed by atoms with Crippen LogP contribution in [0.2, 0.25) is 0 Å². The molecular formula is C36H42N4O9S2. The quantitative estimate of drug-likeness (QED) is 0.104. The number of hydrogen-bond donors (Lipinski definition) is 3. The second kappa shape index (κ2) is 15.5. The normalized spacial score (nSPS) is 20.1. The molecule has 272 valence electrons. The number of thiol groups is 1. The number of carbonyl (C=O) groups excluding carboxylic acids is 3. The van der Waals surface area contributed by atoms with Gasteiger partial charge in [0.25, 0.3) is 11.8 Å². The Morgan fingerprint density at radius 2 is 1.65 bits per heavy atom. The predicted molar refractivity (Wildman–Crippen MR) is 197 cm³/mol. The van der Waals surface area contributed by atoms with Gasteiger partial charge in [0.1, 0.15) is 6.61 Å². The van der Waals surface area contributed by atoms with Gasteiger partial charge >= 0.3 is 6.09 Å². The maximum Gasteiger partial charge on any atom is 0.416 e. The lowest BCUT2D eigenvalue weighted by molar-refractivity contribution is 0.0493. The first-order chi connectivity index (χ1) is 24.6.